The lowest BCUT2D eigenvalue weighted by atomic mass is 10.2. The summed E-state index contributed by atoms with van der Waals surface area (Å²) in [5, 5.41) is 7.95. The number of thioether (sulfide) groups is 1. The van der Waals surface area contributed by atoms with Crippen molar-refractivity contribution in [2.24, 2.45) is 0 Å². The molecule has 0 amide bonds. The summed E-state index contributed by atoms with van der Waals surface area (Å²) in [6.45, 7) is 1.48. The summed E-state index contributed by atoms with van der Waals surface area (Å²) < 4.78 is 49.2. The van der Waals surface area contributed by atoms with Crippen molar-refractivity contribution in [2.45, 2.75) is 23.2 Å². The minimum absolute atomic E-state index is 0.0547. The molecule has 0 aliphatic heterocycles. The molecule has 2 aromatic carbocycles. The summed E-state index contributed by atoms with van der Waals surface area (Å²) in [5.74, 6) is -0.303. The average Bonchev–Trinajstić information content (AvgIpc) is 2.60. The van der Waals surface area contributed by atoms with Crippen LogP contribution in [0.3, 0.4) is 0 Å². The molecule has 2 rings (SSSR count). The predicted molar refractivity (Wildman–Crippen MR) is 100 cm³/mol. The van der Waals surface area contributed by atoms with Crippen LogP contribution in [-0.4, -0.2) is 22.6 Å². The van der Waals surface area contributed by atoms with Gasteiger partial charge < -0.3 is 14.0 Å². The Morgan fingerprint density at radius 3 is 2.44 bits per heavy atom. The van der Waals surface area contributed by atoms with Crippen LogP contribution in [0.15, 0.2) is 41.3 Å². The molecule has 0 bridgehead atoms. The second kappa shape index (κ2) is 8.99. The van der Waals surface area contributed by atoms with E-state index < -0.39 is 23.0 Å². The third-order valence-electron chi connectivity index (χ3n) is 3.25. The zero-order valence-electron chi connectivity index (χ0n) is 14.0. The van der Waals surface area contributed by atoms with Crippen LogP contribution in [0.2, 0.25) is 5.02 Å². The molecule has 1 unspecified atom stereocenters. The van der Waals surface area contributed by atoms with E-state index in [1.54, 1.807) is 12.1 Å². The van der Waals surface area contributed by atoms with Crippen LogP contribution in [0.25, 0.3) is 0 Å². The van der Waals surface area contributed by atoms with Crippen LogP contribution in [0.5, 0.6) is 17.2 Å². The highest BCUT2D eigenvalue weighted by Gasteiger charge is 2.31. The minimum Gasteiger partial charge on any atom is -0.480 e. The first kappa shape index (κ1) is 21.6. The van der Waals surface area contributed by atoms with E-state index in [0.29, 0.717) is 5.75 Å². The van der Waals surface area contributed by atoms with E-state index in [1.807, 2.05) is 6.26 Å². The standard InChI is InChI=1S/C17H14ClF3O4S2/c1-9(16(22)23)27-25-14-8-11(4-6-15(14)26-2)24-13-5-3-10(7-12(13)18)17(19,20)21/h3-9H,1-2H3,(H,22,23). The highest BCUT2D eigenvalue weighted by Crippen LogP contribution is 2.39. The van der Waals surface area contributed by atoms with Crippen LogP contribution >= 0.6 is 35.4 Å². The third kappa shape index (κ3) is 5.88. The number of ether oxygens (including phenoxy) is 1. The van der Waals surface area contributed by atoms with Gasteiger partial charge in [-0.15, -0.1) is 11.8 Å². The van der Waals surface area contributed by atoms with Crippen LogP contribution < -0.4 is 8.92 Å². The lowest BCUT2D eigenvalue weighted by Gasteiger charge is -2.14. The summed E-state index contributed by atoms with van der Waals surface area (Å²) in [7, 11) is 0. The van der Waals surface area contributed by atoms with Gasteiger partial charge >= 0.3 is 12.1 Å². The number of aliphatic carboxylic acids is 1. The topological polar surface area (TPSA) is 55.8 Å². The molecule has 2 aromatic rings. The first-order chi connectivity index (χ1) is 12.6. The summed E-state index contributed by atoms with van der Waals surface area (Å²) in [4.78, 5) is 11.6. The molecule has 4 nitrogen and oxygen atoms in total. The summed E-state index contributed by atoms with van der Waals surface area (Å²) in [6, 6.07) is 7.61. The zero-order chi connectivity index (χ0) is 20.2. The van der Waals surface area contributed by atoms with Crippen molar-refractivity contribution in [2.75, 3.05) is 6.26 Å². The van der Waals surface area contributed by atoms with Crippen molar-refractivity contribution in [1.82, 2.24) is 0 Å². The molecule has 1 atom stereocenters. The molecule has 0 aromatic heterocycles. The zero-order valence-corrected chi connectivity index (χ0v) is 16.4. The SMILES string of the molecule is CSc1ccc(Oc2ccc(C(F)(F)F)cc2Cl)cc1OSC(C)C(=O)O. The maximum absolute atomic E-state index is 12.7. The van der Waals surface area contributed by atoms with Gasteiger partial charge in [0.05, 0.1) is 27.5 Å². The van der Waals surface area contributed by atoms with Crippen LogP contribution in [0.4, 0.5) is 13.2 Å². The molecule has 0 heterocycles. The molecule has 0 aliphatic rings. The van der Waals surface area contributed by atoms with E-state index in [1.165, 1.54) is 24.8 Å². The Balaban J connectivity index is 2.22. The molecule has 1 N–H and O–H groups in total. The molecule has 0 saturated carbocycles. The van der Waals surface area contributed by atoms with Gasteiger partial charge in [0.15, 0.2) is 5.75 Å². The molecule has 27 heavy (non-hydrogen) atoms. The Kier molecular flexibility index (Phi) is 7.19. The largest absolute Gasteiger partial charge is 0.480 e. The lowest BCUT2D eigenvalue weighted by Crippen LogP contribution is -2.12. The van der Waals surface area contributed by atoms with Gasteiger partial charge in [0.2, 0.25) is 0 Å². The van der Waals surface area contributed by atoms with Gasteiger partial charge in [-0.05, 0) is 43.5 Å². The van der Waals surface area contributed by atoms with Gasteiger partial charge in [0.1, 0.15) is 16.7 Å². The fourth-order valence-corrected chi connectivity index (χ4v) is 3.08. The first-order valence-electron chi connectivity index (χ1n) is 7.40. The number of benzene rings is 2. The fourth-order valence-electron chi connectivity index (χ4n) is 1.84. The predicted octanol–water partition coefficient (Wildman–Crippen LogP) is 6.37. The Labute approximate surface area is 167 Å². The highest BCUT2D eigenvalue weighted by molar-refractivity contribution is 7.99. The van der Waals surface area contributed by atoms with Crippen LogP contribution in [0, 0.1) is 0 Å². The molecule has 0 saturated heterocycles. The Morgan fingerprint density at radius 2 is 1.89 bits per heavy atom. The smallest absolute Gasteiger partial charge is 0.416 e. The summed E-state index contributed by atoms with van der Waals surface area (Å²) in [5.41, 5.74) is -0.874. The number of alkyl halides is 3. The van der Waals surface area contributed by atoms with Crippen molar-refractivity contribution < 1.29 is 32.0 Å². The number of carboxylic acid groups (broad SMARTS) is 1. The number of hydrogen-bond acceptors (Lipinski definition) is 5. The van der Waals surface area contributed by atoms with Crippen molar-refractivity contribution >= 4 is 41.4 Å². The van der Waals surface area contributed by atoms with Crippen LogP contribution in [-0.2, 0) is 11.0 Å². The summed E-state index contributed by atoms with van der Waals surface area (Å²) in [6.07, 6.45) is -2.68. The third-order valence-corrected chi connectivity index (χ3v) is 5.09. The molecule has 146 valence electrons. The van der Waals surface area contributed by atoms with E-state index in [9.17, 15) is 18.0 Å². The number of carbonyl (C=O) groups is 1. The van der Waals surface area contributed by atoms with Gasteiger partial charge in [-0.25, -0.2) is 0 Å². The molecule has 0 radical (unpaired) electrons. The Morgan fingerprint density at radius 1 is 1.19 bits per heavy atom. The van der Waals surface area contributed by atoms with Gasteiger partial charge in [-0.3, -0.25) is 4.79 Å². The van der Waals surface area contributed by atoms with Gasteiger partial charge in [0, 0.05) is 6.07 Å². The Hall–Kier alpha value is -1.71. The van der Waals surface area contributed by atoms with Crippen molar-refractivity contribution in [3.8, 4) is 17.2 Å². The number of carboxylic acids is 1. The normalized spacial score (nSPS) is 12.5. The molecular formula is C17H14ClF3O4S2. The second-order valence-corrected chi connectivity index (χ2v) is 7.54. The number of hydrogen-bond donors (Lipinski definition) is 1. The maximum atomic E-state index is 12.7. The second-order valence-electron chi connectivity index (χ2n) is 5.22. The van der Waals surface area contributed by atoms with E-state index in [2.05, 4.69) is 0 Å². The molecular weight excluding hydrogens is 425 g/mol. The van der Waals surface area contributed by atoms with Gasteiger partial charge in [-0.2, -0.15) is 13.2 Å². The molecule has 0 fully saturated rings. The van der Waals surface area contributed by atoms with E-state index >= 15 is 0 Å². The fraction of sp³-hybridized carbons (Fsp3) is 0.235. The quantitative estimate of drug-likeness (QED) is 0.400. The minimum atomic E-state index is -4.50. The number of halogens is 4. The van der Waals surface area contributed by atoms with Crippen molar-refractivity contribution in [1.29, 1.82) is 0 Å². The Bertz CT molecular complexity index is 830. The van der Waals surface area contributed by atoms with Crippen LogP contribution in [0.1, 0.15) is 12.5 Å². The van der Waals surface area contributed by atoms with E-state index in [0.717, 1.165) is 35.1 Å². The summed E-state index contributed by atoms with van der Waals surface area (Å²) >= 11 is 8.05. The molecule has 10 heteroatoms. The highest BCUT2D eigenvalue weighted by atomic mass is 35.5. The monoisotopic (exact) mass is 438 g/mol. The van der Waals surface area contributed by atoms with E-state index in [4.69, 9.17) is 25.6 Å². The first-order valence-corrected chi connectivity index (χ1v) is 9.81. The van der Waals surface area contributed by atoms with Gasteiger partial charge in [0.25, 0.3) is 0 Å². The van der Waals surface area contributed by atoms with Crippen molar-refractivity contribution in [3.63, 3.8) is 0 Å². The van der Waals surface area contributed by atoms with E-state index in [-0.39, 0.29) is 16.5 Å². The number of rotatable bonds is 7. The van der Waals surface area contributed by atoms with Gasteiger partial charge in [-0.1, -0.05) is 11.6 Å². The van der Waals surface area contributed by atoms with Crippen molar-refractivity contribution in [3.05, 3.63) is 47.0 Å². The molecule has 0 aliphatic carbocycles. The molecule has 0 spiro atoms. The average molecular weight is 439 g/mol. The lowest BCUT2D eigenvalue weighted by molar-refractivity contribution is -0.138. The maximum Gasteiger partial charge on any atom is 0.416 e.